The predicted octanol–water partition coefficient (Wildman–Crippen LogP) is 3.40. The van der Waals surface area contributed by atoms with E-state index in [4.69, 9.17) is 10.2 Å². The molecule has 1 heterocycles. The fraction of sp³-hybridized carbons (Fsp3) is 0.375. The quantitative estimate of drug-likeness (QED) is 0.874. The van der Waals surface area contributed by atoms with E-state index in [1.807, 2.05) is 12.1 Å². The molecule has 1 aromatic heterocycles. The van der Waals surface area contributed by atoms with Gasteiger partial charge < -0.3 is 10.2 Å². The standard InChI is InChI=1S/C16H21NO/c1-12-5-6-13(2)14(10-12)11-15(17)7-8-16-4-3-9-18-16/h3-6,9-10,15H,7-8,11,17H2,1-2H3. The zero-order valence-electron chi connectivity index (χ0n) is 11.1. The van der Waals surface area contributed by atoms with Crippen LogP contribution in [0, 0.1) is 13.8 Å². The Balaban J connectivity index is 1.90. The maximum absolute atomic E-state index is 6.20. The number of furan rings is 1. The molecule has 0 radical (unpaired) electrons. The van der Waals surface area contributed by atoms with Gasteiger partial charge in [0, 0.05) is 12.5 Å². The van der Waals surface area contributed by atoms with Crippen molar-refractivity contribution in [3.63, 3.8) is 0 Å². The lowest BCUT2D eigenvalue weighted by atomic mass is 9.97. The first-order chi connectivity index (χ1) is 8.65. The summed E-state index contributed by atoms with van der Waals surface area (Å²) in [6.07, 6.45) is 4.53. The molecule has 0 saturated carbocycles. The van der Waals surface area contributed by atoms with Crippen LogP contribution in [0.3, 0.4) is 0 Å². The highest BCUT2D eigenvalue weighted by molar-refractivity contribution is 5.31. The number of aryl methyl sites for hydroxylation is 3. The van der Waals surface area contributed by atoms with E-state index in [0.717, 1.165) is 25.0 Å². The minimum Gasteiger partial charge on any atom is -0.469 e. The average molecular weight is 243 g/mol. The lowest BCUT2D eigenvalue weighted by Crippen LogP contribution is -2.23. The molecule has 2 heteroatoms. The van der Waals surface area contributed by atoms with Crippen molar-refractivity contribution in [1.29, 1.82) is 0 Å². The molecule has 0 amide bonds. The second-order valence-electron chi connectivity index (χ2n) is 5.01. The van der Waals surface area contributed by atoms with Crippen molar-refractivity contribution in [2.24, 2.45) is 5.73 Å². The van der Waals surface area contributed by atoms with Gasteiger partial charge in [-0.05, 0) is 49.9 Å². The SMILES string of the molecule is Cc1ccc(C)c(CC(N)CCc2ccco2)c1. The van der Waals surface area contributed by atoms with E-state index in [2.05, 4.69) is 32.0 Å². The summed E-state index contributed by atoms with van der Waals surface area (Å²) >= 11 is 0. The van der Waals surface area contributed by atoms with Crippen LogP contribution in [0.25, 0.3) is 0 Å². The summed E-state index contributed by atoms with van der Waals surface area (Å²) in [7, 11) is 0. The van der Waals surface area contributed by atoms with E-state index in [1.165, 1.54) is 16.7 Å². The van der Waals surface area contributed by atoms with Crippen molar-refractivity contribution in [2.45, 2.75) is 39.2 Å². The van der Waals surface area contributed by atoms with Crippen molar-refractivity contribution in [1.82, 2.24) is 0 Å². The molecule has 0 saturated heterocycles. The summed E-state index contributed by atoms with van der Waals surface area (Å²) < 4.78 is 5.32. The molecule has 96 valence electrons. The van der Waals surface area contributed by atoms with Crippen LogP contribution in [0.5, 0.6) is 0 Å². The Labute approximate surface area is 109 Å². The predicted molar refractivity (Wildman–Crippen MR) is 74.6 cm³/mol. The van der Waals surface area contributed by atoms with Gasteiger partial charge in [-0.25, -0.2) is 0 Å². The number of nitrogens with two attached hydrogens (primary N) is 1. The molecule has 1 unspecified atom stereocenters. The molecule has 1 aromatic carbocycles. The van der Waals surface area contributed by atoms with E-state index >= 15 is 0 Å². The number of hydrogen-bond acceptors (Lipinski definition) is 2. The second-order valence-corrected chi connectivity index (χ2v) is 5.01. The summed E-state index contributed by atoms with van der Waals surface area (Å²) in [6, 6.07) is 10.7. The molecule has 2 nitrogen and oxygen atoms in total. The summed E-state index contributed by atoms with van der Waals surface area (Å²) in [5.74, 6) is 1.02. The first-order valence-corrected chi connectivity index (χ1v) is 6.49. The van der Waals surface area contributed by atoms with Gasteiger partial charge in [0.05, 0.1) is 6.26 Å². The maximum atomic E-state index is 6.20. The Hall–Kier alpha value is -1.54. The van der Waals surface area contributed by atoms with Crippen molar-refractivity contribution >= 4 is 0 Å². The van der Waals surface area contributed by atoms with E-state index < -0.39 is 0 Å². The number of benzene rings is 1. The van der Waals surface area contributed by atoms with Crippen LogP contribution >= 0.6 is 0 Å². The summed E-state index contributed by atoms with van der Waals surface area (Å²) in [5.41, 5.74) is 10.2. The second kappa shape index (κ2) is 5.87. The van der Waals surface area contributed by atoms with Crippen molar-refractivity contribution in [3.8, 4) is 0 Å². The highest BCUT2D eigenvalue weighted by atomic mass is 16.3. The van der Waals surface area contributed by atoms with Gasteiger partial charge in [0.1, 0.15) is 5.76 Å². The fourth-order valence-electron chi connectivity index (χ4n) is 2.19. The molecular formula is C16H21NO. The van der Waals surface area contributed by atoms with Crippen LogP contribution in [0.4, 0.5) is 0 Å². The largest absolute Gasteiger partial charge is 0.469 e. The molecule has 0 aliphatic heterocycles. The summed E-state index contributed by atoms with van der Waals surface area (Å²) in [5, 5.41) is 0. The normalized spacial score (nSPS) is 12.6. The molecule has 0 fully saturated rings. The van der Waals surface area contributed by atoms with E-state index in [9.17, 15) is 0 Å². The molecule has 2 aromatic rings. The van der Waals surface area contributed by atoms with Gasteiger partial charge in [-0.15, -0.1) is 0 Å². The fourth-order valence-corrected chi connectivity index (χ4v) is 2.19. The Morgan fingerprint density at radius 1 is 1.22 bits per heavy atom. The van der Waals surface area contributed by atoms with Crippen LogP contribution < -0.4 is 5.73 Å². The number of hydrogen-bond donors (Lipinski definition) is 1. The first-order valence-electron chi connectivity index (χ1n) is 6.49. The van der Waals surface area contributed by atoms with Gasteiger partial charge in [-0.1, -0.05) is 23.8 Å². The Morgan fingerprint density at radius 2 is 2.06 bits per heavy atom. The van der Waals surface area contributed by atoms with Crippen molar-refractivity contribution in [2.75, 3.05) is 0 Å². The monoisotopic (exact) mass is 243 g/mol. The van der Waals surface area contributed by atoms with E-state index in [0.29, 0.717) is 0 Å². The molecular weight excluding hydrogens is 222 g/mol. The van der Waals surface area contributed by atoms with E-state index in [1.54, 1.807) is 6.26 Å². The summed E-state index contributed by atoms with van der Waals surface area (Å²) in [6.45, 7) is 4.27. The van der Waals surface area contributed by atoms with Crippen molar-refractivity contribution < 1.29 is 4.42 Å². The third kappa shape index (κ3) is 3.47. The minimum atomic E-state index is 0.190. The summed E-state index contributed by atoms with van der Waals surface area (Å²) in [4.78, 5) is 0. The topological polar surface area (TPSA) is 39.2 Å². The van der Waals surface area contributed by atoms with Gasteiger partial charge in [0.2, 0.25) is 0 Å². The molecule has 18 heavy (non-hydrogen) atoms. The molecule has 0 aliphatic carbocycles. The molecule has 2 rings (SSSR count). The van der Waals surface area contributed by atoms with Gasteiger partial charge in [0.15, 0.2) is 0 Å². The molecule has 0 bridgehead atoms. The molecule has 2 N–H and O–H groups in total. The van der Waals surface area contributed by atoms with Crippen LogP contribution in [-0.4, -0.2) is 6.04 Å². The lowest BCUT2D eigenvalue weighted by Gasteiger charge is -2.13. The van der Waals surface area contributed by atoms with Crippen LogP contribution in [-0.2, 0) is 12.8 Å². The highest BCUT2D eigenvalue weighted by Crippen LogP contribution is 2.14. The van der Waals surface area contributed by atoms with Crippen LogP contribution in [0.15, 0.2) is 41.0 Å². The Morgan fingerprint density at radius 3 is 2.78 bits per heavy atom. The van der Waals surface area contributed by atoms with Gasteiger partial charge in [0.25, 0.3) is 0 Å². The molecule has 0 spiro atoms. The average Bonchev–Trinajstić information content (AvgIpc) is 2.84. The zero-order valence-corrected chi connectivity index (χ0v) is 11.1. The Bertz CT molecular complexity index is 488. The maximum Gasteiger partial charge on any atom is 0.103 e. The smallest absolute Gasteiger partial charge is 0.103 e. The minimum absolute atomic E-state index is 0.190. The van der Waals surface area contributed by atoms with Gasteiger partial charge in [-0.3, -0.25) is 0 Å². The first kappa shape index (κ1) is 12.9. The van der Waals surface area contributed by atoms with Crippen molar-refractivity contribution in [3.05, 3.63) is 59.0 Å². The lowest BCUT2D eigenvalue weighted by molar-refractivity contribution is 0.484. The highest BCUT2D eigenvalue weighted by Gasteiger charge is 2.08. The molecule has 0 aliphatic rings. The Kier molecular flexibility index (Phi) is 4.21. The van der Waals surface area contributed by atoms with Gasteiger partial charge in [-0.2, -0.15) is 0 Å². The third-order valence-electron chi connectivity index (χ3n) is 3.33. The van der Waals surface area contributed by atoms with Gasteiger partial charge >= 0.3 is 0 Å². The van der Waals surface area contributed by atoms with E-state index in [-0.39, 0.29) is 6.04 Å². The third-order valence-corrected chi connectivity index (χ3v) is 3.33. The zero-order chi connectivity index (χ0) is 13.0. The van der Waals surface area contributed by atoms with Crippen LogP contribution in [0.1, 0.15) is 28.9 Å². The van der Waals surface area contributed by atoms with Crippen LogP contribution in [0.2, 0.25) is 0 Å². The number of rotatable bonds is 5. The molecule has 1 atom stereocenters.